The van der Waals surface area contributed by atoms with Gasteiger partial charge in [0.1, 0.15) is 6.73 Å². The number of hydrogen-bond donors (Lipinski definition) is 1. The number of hydrogen-bond acceptors (Lipinski definition) is 2. The molecule has 56 valence electrons. The van der Waals surface area contributed by atoms with Crippen LogP contribution in [0.5, 0.6) is 0 Å². The van der Waals surface area contributed by atoms with E-state index in [1.165, 1.54) is 0 Å². The van der Waals surface area contributed by atoms with Crippen LogP contribution >= 0.6 is 0 Å². The molecule has 1 heterocycles. The van der Waals surface area contributed by atoms with Gasteiger partial charge in [-0.05, 0) is 12.1 Å². The van der Waals surface area contributed by atoms with Crippen LogP contribution in [0.4, 0.5) is 0 Å². The van der Waals surface area contributed by atoms with Crippen LogP contribution in [0.25, 0.3) is 0 Å². The fourth-order valence-electron chi connectivity index (χ4n) is 0.858. The van der Waals surface area contributed by atoms with Crippen molar-refractivity contribution >= 4 is 0 Å². The van der Waals surface area contributed by atoms with Crippen LogP contribution in [-0.2, 0) is 18.1 Å². The summed E-state index contributed by atoms with van der Waals surface area (Å²) < 4.78 is 6.73. The summed E-state index contributed by atoms with van der Waals surface area (Å²) in [5.74, 6) is 0. The van der Waals surface area contributed by atoms with Crippen molar-refractivity contribution in [1.82, 2.24) is 4.57 Å². The third-order valence-corrected chi connectivity index (χ3v) is 1.35. The van der Waals surface area contributed by atoms with Crippen LogP contribution in [0.3, 0.4) is 0 Å². The van der Waals surface area contributed by atoms with Crippen LogP contribution in [0, 0.1) is 0 Å². The first kappa shape index (κ1) is 7.31. The fourth-order valence-corrected chi connectivity index (χ4v) is 0.858. The van der Waals surface area contributed by atoms with Crippen LogP contribution in [-0.4, -0.2) is 16.8 Å². The summed E-state index contributed by atoms with van der Waals surface area (Å²) in [4.78, 5) is 0. The Morgan fingerprint density at radius 1 is 1.70 bits per heavy atom. The van der Waals surface area contributed by atoms with Crippen molar-refractivity contribution < 1.29 is 9.84 Å². The first-order valence-electron chi connectivity index (χ1n) is 3.12. The lowest BCUT2D eigenvalue weighted by Crippen LogP contribution is -2.02. The number of rotatable bonds is 3. The molecular weight excluding hydrogens is 130 g/mol. The maximum Gasteiger partial charge on any atom is 0.122 e. The summed E-state index contributed by atoms with van der Waals surface area (Å²) in [6.07, 6.45) is 1.87. The van der Waals surface area contributed by atoms with E-state index in [0.29, 0.717) is 6.73 Å². The molecule has 0 aliphatic rings. The minimum absolute atomic E-state index is 0.0658. The Labute approximate surface area is 59.9 Å². The Kier molecular flexibility index (Phi) is 2.48. The molecule has 0 radical (unpaired) electrons. The zero-order valence-electron chi connectivity index (χ0n) is 5.95. The Bertz CT molecular complexity index is 195. The third-order valence-electron chi connectivity index (χ3n) is 1.35. The summed E-state index contributed by atoms with van der Waals surface area (Å²) in [5.41, 5.74) is 0.877. The highest BCUT2D eigenvalue weighted by atomic mass is 16.5. The van der Waals surface area contributed by atoms with Crippen molar-refractivity contribution in [2.75, 3.05) is 7.11 Å². The van der Waals surface area contributed by atoms with E-state index in [1.54, 1.807) is 7.11 Å². The van der Waals surface area contributed by atoms with Crippen molar-refractivity contribution in [2.45, 2.75) is 13.3 Å². The lowest BCUT2D eigenvalue weighted by atomic mass is 10.5. The van der Waals surface area contributed by atoms with E-state index >= 15 is 0 Å². The molecule has 0 bridgehead atoms. The topological polar surface area (TPSA) is 34.4 Å². The van der Waals surface area contributed by atoms with Crippen molar-refractivity contribution in [3.63, 3.8) is 0 Å². The van der Waals surface area contributed by atoms with E-state index in [1.807, 2.05) is 22.9 Å². The predicted molar refractivity (Wildman–Crippen MR) is 37.4 cm³/mol. The molecule has 0 aliphatic carbocycles. The average Bonchev–Trinajstić information content (AvgIpc) is 2.36. The van der Waals surface area contributed by atoms with E-state index < -0.39 is 0 Å². The van der Waals surface area contributed by atoms with Crippen molar-refractivity contribution in [1.29, 1.82) is 0 Å². The van der Waals surface area contributed by atoms with Gasteiger partial charge >= 0.3 is 0 Å². The molecular formula is C7H11NO2. The molecule has 0 unspecified atom stereocenters. The molecule has 0 saturated carbocycles. The molecule has 0 aliphatic heterocycles. The highest BCUT2D eigenvalue weighted by molar-refractivity contribution is 5.04. The minimum atomic E-state index is 0.0658. The standard InChI is InChI=1S/C7H11NO2/c1-10-6-8-4-2-3-7(8)5-9/h2-4,9H,5-6H2,1H3. The normalized spacial score (nSPS) is 10.2. The zero-order valence-corrected chi connectivity index (χ0v) is 5.95. The molecule has 0 aromatic carbocycles. The van der Waals surface area contributed by atoms with Gasteiger partial charge in [-0.1, -0.05) is 0 Å². The van der Waals surface area contributed by atoms with E-state index in [2.05, 4.69) is 0 Å². The van der Waals surface area contributed by atoms with Crippen LogP contribution in [0.15, 0.2) is 18.3 Å². The summed E-state index contributed by atoms with van der Waals surface area (Å²) in [7, 11) is 1.63. The first-order valence-corrected chi connectivity index (χ1v) is 3.12. The molecule has 0 spiro atoms. The van der Waals surface area contributed by atoms with Crippen molar-refractivity contribution in [2.24, 2.45) is 0 Å². The van der Waals surface area contributed by atoms with Gasteiger partial charge in [-0.3, -0.25) is 0 Å². The molecule has 0 amide bonds. The molecule has 0 saturated heterocycles. The largest absolute Gasteiger partial charge is 0.390 e. The predicted octanol–water partition coefficient (Wildman–Crippen LogP) is 0.584. The summed E-state index contributed by atoms with van der Waals surface area (Å²) >= 11 is 0. The summed E-state index contributed by atoms with van der Waals surface area (Å²) in [5, 5.41) is 8.76. The number of nitrogens with zero attached hydrogens (tertiary/aromatic N) is 1. The van der Waals surface area contributed by atoms with Gasteiger partial charge in [0.15, 0.2) is 0 Å². The van der Waals surface area contributed by atoms with Crippen molar-refractivity contribution in [3.05, 3.63) is 24.0 Å². The molecule has 0 atom stereocenters. The fraction of sp³-hybridized carbons (Fsp3) is 0.429. The average molecular weight is 141 g/mol. The second-order valence-corrected chi connectivity index (χ2v) is 2.05. The zero-order chi connectivity index (χ0) is 7.40. The molecule has 10 heavy (non-hydrogen) atoms. The minimum Gasteiger partial charge on any atom is -0.390 e. The number of ether oxygens (including phenoxy) is 1. The highest BCUT2D eigenvalue weighted by Crippen LogP contribution is 2.00. The molecule has 3 nitrogen and oxygen atoms in total. The molecule has 1 rings (SSSR count). The lowest BCUT2D eigenvalue weighted by molar-refractivity contribution is 0.124. The van der Waals surface area contributed by atoms with Gasteiger partial charge in [0.25, 0.3) is 0 Å². The molecule has 1 aromatic rings. The van der Waals surface area contributed by atoms with E-state index in [9.17, 15) is 0 Å². The number of methoxy groups -OCH3 is 1. The Balaban J connectivity index is 2.70. The monoisotopic (exact) mass is 141 g/mol. The maximum absolute atomic E-state index is 8.76. The second-order valence-electron chi connectivity index (χ2n) is 2.05. The number of aliphatic hydroxyl groups is 1. The molecule has 3 heteroatoms. The van der Waals surface area contributed by atoms with Gasteiger partial charge in [0.2, 0.25) is 0 Å². The van der Waals surface area contributed by atoms with Gasteiger partial charge < -0.3 is 14.4 Å². The number of aromatic nitrogens is 1. The Morgan fingerprint density at radius 3 is 3.10 bits per heavy atom. The SMILES string of the molecule is COCn1cccc1CO. The van der Waals surface area contributed by atoms with E-state index in [0.717, 1.165) is 5.69 Å². The number of aliphatic hydroxyl groups excluding tert-OH is 1. The van der Waals surface area contributed by atoms with Gasteiger partial charge in [0, 0.05) is 19.0 Å². The van der Waals surface area contributed by atoms with Crippen LogP contribution in [0.1, 0.15) is 5.69 Å². The molecule has 0 fully saturated rings. The third kappa shape index (κ3) is 1.37. The Morgan fingerprint density at radius 2 is 2.50 bits per heavy atom. The van der Waals surface area contributed by atoms with Crippen LogP contribution < -0.4 is 0 Å². The van der Waals surface area contributed by atoms with Crippen LogP contribution in [0.2, 0.25) is 0 Å². The van der Waals surface area contributed by atoms with E-state index in [-0.39, 0.29) is 6.61 Å². The summed E-state index contributed by atoms with van der Waals surface area (Å²) in [6, 6.07) is 3.74. The Hall–Kier alpha value is -0.800. The van der Waals surface area contributed by atoms with Gasteiger partial charge in [0.05, 0.1) is 6.61 Å². The van der Waals surface area contributed by atoms with E-state index in [4.69, 9.17) is 9.84 Å². The van der Waals surface area contributed by atoms with Gasteiger partial charge in [-0.15, -0.1) is 0 Å². The quantitative estimate of drug-likeness (QED) is 0.668. The van der Waals surface area contributed by atoms with Crippen molar-refractivity contribution in [3.8, 4) is 0 Å². The first-order chi connectivity index (χ1) is 4.88. The highest BCUT2D eigenvalue weighted by Gasteiger charge is 1.95. The van der Waals surface area contributed by atoms with Gasteiger partial charge in [-0.25, -0.2) is 0 Å². The maximum atomic E-state index is 8.76. The summed E-state index contributed by atoms with van der Waals surface area (Å²) in [6.45, 7) is 0.569. The molecule has 1 N–H and O–H groups in total. The lowest BCUT2D eigenvalue weighted by Gasteiger charge is -2.03. The smallest absolute Gasteiger partial charge is 0.122 e. The second kappa shape index (κ2) is 3.39. The molecule has 1 aromatic heterocycles. The van der Waals surface area contributed by atoms with Gasteiger partial charge in [-0.2, -0.15) is 0 Å².